The predicted molar refractivity (Wildman–Crippen MR) is 162 cm³/mol. The van der Waals surface area contributed by atoms with E-state index in [0.29, 0.717) is 11.7 Å². The number of hydrogen-bond acceptors (Lipinski definition) is 4. The first-order valence-electron chi connectivity index (χ1n) is 12.3. The zero-order valence-corrected chi connectivity index (χ0v) is 23.5. The maximum atomic E-state index is 9.44. The summed E-state index contributed by atoms with van der Waals surface area (Å²) in [6.07, 6.45) is 12.9. The van der Waals surface area contributed by atoms with E-state index in [2.05, 4.69) is 33.6 Å². The van der Waals surface area contributed by atoms with E-state index >= 15 is 0 Å². The Morgan fingerprint density at radius 3 is 1.82 bits per heavy atom. The van der Waals surface area contributed by atoms with Crippen LogP contribution >= 0.6 is 0 Å². The van der Waals surface area contributed by atoms with Crippen LogP contribution in [0, 0.1) is 13.8 Å². The zero-order chi connectivity index (χ0) is 28.5. The molecule has 0 aliphatic heterocycles. The number of methoxy groups -OCH3 is 1. The van der Waals surface area contributed by atoms with E-state index in [1.54, 1.807) is 25.3 Å². The predicted octanol–water partition coefficient (Wildman–Crippen LogP) is 9.15. The molecule has 0 saturated carbocycles. The summed E-state index contributed by atoms with van der Waals surface area (Å²) in [5, 5.41) is 0. The molecule has 3 aromatic rings. The number of Topliss-reactive ketones (excluding diaryl/α,β-unsaturated/α-hetero) is 1. The average molecular weight is 510 g/mol. The second-order valence-corrected chi connectivity index (χ2v) is 8.41. The van der Waals surface area contributed by atoms with E-state index in [0.717, 1.165) is 28.2 Å². The Balaban J connectivity index is 0.000000456. The molecule has 0 N–H and O–H groups in total. The Hall–Kier alpha value is -4.44. The SMILES string of the molecule is C=C/C=C(\C=C)c1nc(-c2ccc(C)cc2)oc1C(/C=C\C)=C/C=C.CC(C)=O.COc1ccc(C)cc1. The monoisotopic (exact) mass is 509 g/mol. The number of ether oxygens (including phenoxy) is 1. The maximum Gasteiger partial charge on any atom is 0.227 e. The van der Waals surface area contributed by atoms with Crippen LogP contribution in [-0.4, -0.2) is 17.9 Å². The molecule has 1 heterocycles. The van der Waals surface area contributed by atoms with Crippen molar-refractivity contribution < 1.29 is 13.9 Å². The van der Waals surface area contributed by atoms with E-state index in [4.69, 9.17) is 14.1 Å². The highest BCUT2D eigenvalue weighted by molar-refractivity contribution is 5.84. The van der Waals surface area contributed by atoms with Crippen LogP contribution in [0.4, 0.5) is 0 Å². The van der Waals surface area contributed by atoms with Gasteiger partial charge in [-0.1, -0.05) is 97.7 Å². The number of carbonyl (C=O) groups is 1. The van der Waals surface area contributed by atoms with Crippen LogP contribution in [0.3, 0.4) is 0 Å². The number of ketones is 1. The van der Waals surface area contributed by atoms with Crippen LogP contribution in [-0.2, 0) is 4.79 Å². The molecule has 4 nitrogen and oxygen atoms in total. The van der Waals surface area contributed by atoms with Crippen LogP contribution in [0.25, 0.3) is 22.6 Å². The van der Waals surface area contributed by atoms with Crippen molar-refractivity contribution in [3.05, 3.63) is 133 Å². The highest BCUT2D eigenvalue weighted by Gasteiger charge is 2.18. The van der Waals surface area contributed by atoms with Gasteiger partial charge in [0.1, 0.15) is 17.2 Å². The van der Waals surface area contributed by atoms with Crippen molar-refractivity contribution in [2.24, 2.45) is 0 Å². The van der Waals surface area contributed by atoms with Crippen LogP contribution in [0.15, 0.2) is 115 Å². The molecule has 0 aliphatic carbocycles. The molecule has 0 atom stereocenters. The summed E-state index contributed by atoms with van der Waals surface area (Å²) < 4.78 is 11.1. The highest BCUT2D eigenvalue weighted by atomic mass is 16.5. The largest absolute Gasteiger partial charge is 0.497 e. The lowest BCUT2D eigenvalue weighted by Crippen LogP contribution is -1.88. The highest BCUT2D eigenvalue weighted by Crippen LogP contribution is 2.32. The molecule has 38 heavy (non-hydrogen) atoms. The molecule has 3 rings (SSSR count). The molecule has 0 radical (unpaired) electrons. The van der Waals surface area contributed by atoms with Gasteiger partial charge in [0.05, 0.1) is 7.11 Å². The molecule has 2 aromatic carbocycles. The Morgan fingerprint density at radius 1 is 0.868 bits per heavy atom. The third-order valence-corrected chi connectivity index (χ3v) is 4.88. The molecule has 0 unspecified atom stereocenters. The molecule has 0 bridgehead atoms. The van der Waals surface area contributed by atoms with Crippen molar-refractivity contribution in [2.75, 3.05) is 7.11 Å². The molecular weight excluding hydrogens is 470 g/mol. The first-order chi connectivity index (χ1) is 18.2. The summed E-state index contributed by atoms with van der Waals surface area (Å²) >= 11 is 0. The third-order valence-electron chi connectivity index (χ3n) is 4.88. The first-order valence-corrected chi connectivity index (χ1v) is 12.3. The van der Waals surface area contributed by atoms with E-state index in [9.17, 15) is 4.79 Å². The Bertz CT molecular complexity index is 1280. The van der Waals surface area contributed by atoms with E-state index in [1.165, 1.54) is 25.0 Å². The molecule has 0 amide bonds. The fourth-order valence-electron chi connectivity index (χ4n) is 3.09. The topological polar surface area (TPSA) is 52.3 Å². The minimum atomic E-state index is 0.167. The van der Waals surface area contributed by atoms with Gasteiger partial charge in [-0.05, 0) is 58.9 Å². The lowest BCUT2D eigenvalue weighted by atomic mass is 10.0. The van der Waals surface area contributed by atoms with Gasteiger partial charge >= 0.3 is 0 Å². The number of carbonyl (C=O) groups excluding carboxylic acids is 1. The zero-order valence-electron chi connectivity index (χ0n) is 23.5. The number of benzene rings is 2. The third kappa shape index (κ3) is 10.7. The van der Waals surface area contributed by atoms with Gasteiger partial charge in [0, 0.05) is 16.7 Å². The fraction of sp³-hybridized carbons (Fsp3) is 0.176. The summed E-state index contributed by atoms with van der Waals surface area (Å²) in [5.74, 6) is 2.34. The van der Waals surface area contributed by atoms with E-state index in [-0.39, 0.29) is 5.78 Å². The van der Waals surface area contributed by atoms with Crippen LogP contribution in [0.1, 0.15) is 43.4 Å². The smallest absolute Gasteiger partial charge is 0.227 e. The molecule has 4 heteroatoms. The van der Waals surface area contributed by atoms with Crippen molar-refractivity contribution in [1.29, 1.82) is 0 Å². The summed E-state index contributed by atoms with van der Waals surface area (Å²) in [6, 6.07) is 16.1. The van der Waals surface area contributed by atoms with Gasteiger partial charge in [-0.15, -0.1) is 0 Å². The molecule has 0 aliphatic rings. The van der Waals surface area contributed by atoms with Gasteiger partial charge in [0.15, 0.2) is 5.76 Å². The van der Waals surface area contributed by atoms with Crippen LogP contribution in [0.2, 0.25) is 0 Å². The van der Waals surface area contributed by atoms with E-state index < -0.39 is 0 Å². The first kappa shape index (κ1) is 31.6. The lowest BCUT2D eigenvalue weighted by molar-refractivity contribution is -0.114. The van der Waals surface area contributed by atoms with Gasteiger partial charge in [-0.25, -0.2) is 4.98 Å². The molecule has 198 valence electrons. The fourth-order valence-corrected chi connectivity index (χ4v) is 3.09. The second-order valence-electron chi connectivity index (χ2n) is 8.41. The molecule has 1 aromatic heterocycles. The average Bonchev–Trinajstić information content (AvgIpc) is 3.33. The van der Waals surface area contributed by atoms with Crippen LogP contribution in [0.5, 0.6) is 5.75 Å². The number of allylic oxidation sites excluding steroid dienone is 9. The number of rotatable bonds is 8. The van der Waals surface area contributed by atoms with E-state index in [1.807, 2.05) is 79.8 Å². The normalized spacial score (nSPS) is 11.0. The summed E-state index contributed by atoms with van der Waals surface area (Å²) in [6.45, 7) is 20.6. The molecule has 0 saturated heterocycles. The van der Waals surface area contributed by atoms with Gasteiger partial charge in [0.2, 0.25) is 5.89 Å². The minimum Gasteiger partial charge on any atom is -0.497 e. The minimum absolute atomic E-state index is 0.167. The Morgan fingerprint density at radius 2 is 1.37 bits per heavy atom. The number of aryl methyl sites for hydroxylation is 2. The standard InChI is InChI=1S/C23H23NO.C8H10O.C3H6O/c1-6-10-18(9-4)21-22(19(11-7-2)12-8-3)25-23(24-21)20-15-13-17(5)14-16-20;1-7-3-5-8(9-2)6-4-7;1-3(2)4/h6-16H,1-2,4H2,3,5H3;3-6H,1-2H3;1-2H3/b12-8-,18-10+,19-11+;;. The maximum absolute atomic E-state index is 9.44. The van der Waals surface area contributed by atoms with Gasteiger partial charge in [-0.2, -0.15) is 0 Å². The molecular formula is C34H39NO3. The van der Waals surface area contributed by atoms with Crippen molar-refractivity contribution in [2.45, 2.75) is 34.6 Å². The van der Waals surface area contributed by atoms with Gasteiger partial charge in [0.25, 0.3) is 0 Å². The number of hydrogen-bond donors (Lipinski definition) is 0. The summed E-state index contributed by atoms with van der Waals surface area (Å²) in [4.78, 5) is 14.2. The van der Waals surface area contributed by atoms with Crippen molar-refractivity contribution >= 4 is 16.9 Å². The lowest BCUT2D eigenvalue weighted by Gasteiger charge is -2.02. The van der Waals surface area contributed by atoms with Crippen molar-refractivity contribution in [3.8, 4) is 17.2 Å². The number of nitrogens with zero attached hydrogens (tertiary/aromatic N) is 1. The van der Waals surface area contributed by atoms with Crippen LogP contribution < -0.4 is 4.74 Å². The summed E-state index contributed by atoms with van der Waals surface area (Å²) in [7, 11) is 1.67. The van der Waals surface area contributed by atoms with Gasteiger partial charge < -0.3 is 13.9 Å². The Kier molecular flexibility index (Phi) is 14.2. The van der Waals surface area contributed by atoms with Crippen molar-refractivity contribution in [3.63, 3.8) is 0 Å². The summed E-state index contributed by atoms with van der Waals surface area (Å²) in [5.41, 5.74) is 5.86. The Labute approximate surface area is 228 Å². The molecule has 0 spiro atoms. The molecule has 0 fully saturated rings. The quantitative estimate of drug-likeness (QED) is 0.284. The number of oxazole rings is 1. The second kappa shape index (κ2) is 17.1. The van der Waals surface area contributed by atoms with Gasteiger partial charge in [-0.3, -0.25) is 0 Å². The number of aromatic nitrogens is 1. The van der Waals surface area contributed by atoms with Crippen molar-refractivity contribution in [1.82, 2.24) is 4.98 Å².